The van der Waals surface area contributed by atoms with E-state index < -0.39 is 0 Å². The normalized spacial score (nSPS) is 33.4. The fraction of sp³-hybridized carbons (Fsp3) is 0.444. The van der Waals surface area contributed by atoms with Crippen molar-refractivity contribution >= 4 is 17.5 Å². The number of hydrogen-bond donors (Lipinski definition) is 0. The molecular formula is C18H19NO2. The van der Waals surface area contributed by atoms with E-state index in [-0.39, 0.29) is 35.5 Å². The Hall–Kier alpha value is -1.90. The van der Waals surface area contributed by atoms with E-state index >= 15 is 0 Å². The second kappa shape index (κ2) is 4.30. The van der Waals surface area contributed by atoms with Crippen LogP contribution in [0.3, 0.4) is 0 Å². The standard InChI is InChI=1S/C18H19NO2/c1-10(2)11-5-7-14(8-6-11)19-17(20)15-12-3-4-13(9-12)16(15)18(19)21/h3-8,10,12-13,15-16H,9H2,1-2H3/t12-,13+,15-,16-/m0/s1. The lowest BCUT2D eigenvalue weighted by atomic mass is 9.85. The Labute approximate surface area is 124 Å². The third kappa shape index (κ3) is 1.66. The van der Waals surface area contributed by atoms with E-state index in [4.69, 9.17) is 0 Å². The molecule has 0 unspecified atom stereocenters. The van der Waals surface area contributed by atoms with Gasteiger partial charge in [-0.05, 0) is 41.9 Å². The number of carbonyl (C=O) groups is 2. The molecule has 2 amide bonds. The number of nitrogens with zero attached hydrogens (tertiary/aromatic N) is 1. The lowest BCUT2D eigenvalue weighted by molar-refractivity contribution is -0.123. The summed E-state index contributed by atoms with van der Waals surface area (Å²) in [5, 5.41) is 0. The van der Waals surface area contributed by atoms with E-state index in [1.54, 1.807) is 0 Å². The molecule has 4 atom stereocenters. The molecule has 3 aliphatic rings. The van der Waals surface area contributed by atoms with Gasteiger partial charge in [-0.25, -0.2) is 0 Å². The molecule has 2 fully saturated rings. The van der Waals surface area contributed by atoms with E-state index in [2.05, 4.69) is 26.0 Å². The number of benzene rings is 1. The molecule has 1 heterocycles. The van der Waals surface area contributed by atoms with Gasteiger partial charge in [-0.15, -0.1) is 0 Å². The van der Waals surface area contributed by atoms with Crippen LogP contribution in [0.15, 0.2) is 36.4 Å². The maximum atomic E-state index is 12.7. The number of hydrogen-bond acceptors (Lipinski definition) is 2. The first-order valence-electron chi connectivity index (χ1n) is 7.74. The summed E-state index contributed by atoms with van der Waals surface area (Å²) in [5.41, 5.74) is 1.95. The molecule has 4 rings (SSSR count). The van der Waals surface area contributed by atoms with Gasteiger partial charge in [-0.2, -0.15) is 0 Å². The molecule has 0 spiro atoms. The highest BCUT2D eigenvalue weighted by atomic mass is 16.2. The smallest absolute Gasteiger partial charge is 0.238 e. The highest BCUT2D eigenvalue weighted by Crippen LogP contribution is 2.53. The van der Waals surface area contributed by atoms with Gasteiger partial charge in [0.15, 0.2) is 0 Å². The average Bonchev–Trinajstić information content (AvgIpc) is 3.13. The maximum absolute atomic E-state index is 12.7. The number of allylic oxidation sites excluding steroid dienone is 2. The van der Waals surface area contributed by atoms with Crippen LogP contribution >= 0.6 is 0 Å². The van der Waals surface area contributed by atoms with Gasteiger partial charge in [0.1, 0.15) is 0 Å². The Morgan fingerprint density at radius 1 is 0.952 bits per heavy atom. The van der Waals surface area contributed by atoms with Crippen molar-refractivity contribution in [1.29, 1.82) is 0 Å². The molecule has 3 nitrogen and oxygen atoms in total. The van der Waals surface area contributed by atoms with Crippen LogP contribution in [0.5, 0.6) is 0 Å². The molecular weight excluding hydrogens is 262 g/mol. The number of imide groups is 1. The van der Waals surface area contributed by atoms with Crippen LogP contribution < -0.4 is 4.90 Å². The van der Waals surface area contributed by atoms with Gasteiger partial charge in [-0.3, -0.25) is 14.5 Å². The summed E-state index contributed by atoms with van der Waals surface area (Å²) in [6, 6.07) is 7.84. The van der Waals surface area contributed by atoms with Crippen molar-refractivity contribution in [3.63, 3.8) is 0 Å². The summed E-state index contributed by atoms with van der Waals surface area (Å²) < 4.78 is 0. The highest BCUT2D eigenvalue weighted by Gasteiger charge is 2.59. The van der Waals surface area contributed by atoms with Gasteiger partial charge in [0, 0.05) is 0 Å². The first-order chi connectivity index (χ1) is 10.1. The Balaban J connectivity index is 1.68. The van der Waals surface area contributed by atoms with Crippen molar-refractivity contribution in [3.05, 3.63) is 42.0 Å². The quantitative estimate of drug-likeness (QED) is 0.617. The molecule has 2 aliphatic carbocycles. The summed E-state index contributed by atoms with van der Waals surface area (Å²) >= 11 is 0. The minimum absolute atomic E-state index is 0.000790. The van der Waals surface area contributed by atoms with Crippen LogP contribution in [0, 0.1) is 23.7 Å². The van der Waals surface area contributed by atoms with Crippen LogP contribution in [-0.2, 0) is 9.59 Å². The zero-order valence-electron chi connectivity index (χ0n) is 12.3. The number of amides is 2. The van der Waals surface area contributed by atoms with Crippen molar-refractivity contribution in [3.8, 4) is 0 Å². The van der Waals surface area contributed by atoms with Gasteiger partial charge in [0.25, 0.3) is 0 Å². The topological polar surface area (TPSA) is 37.4 Å². The molecule has 0 aromatic heterocycles. The van der Waals surface area contributed by atoms with Crippen molar-refractivity contribution in [2.45, 2.75) is 26.2 Å². The van der Waals surface area contributed by atoms with E-state index in [0.717, 1.165) is 12.1 Å². The molecule has 0 N–H and O–H groups in total. The second-order valence-corrected chi connectivity index (χ2v) is 6.76. The summed E-state index contributed by atoms with van der Waals surface area (Å²) in [7, 11) is 0. The number of anilines is 1. The zero-order chi connectivity index (χ0) is 14.7. The van der Waals surface area contributed by atoms with Gasteiger partial charge in [0.2, 0.25) is 11.8 Å². The predicted octanol–water partition coefficient (Wildman–Crippen LogP) is 3.12. The maximum Gasteiger partial charge on any atom is 0.238 e. The average molecular weight is 281 g/mol. The van der Waals surface area contributed by atoms with Crippen LogP contribution in [-0.4, -0.2) is 11.8 Å². The molecule has 3 heteroatoms. The van der Waals surface area contributed by atoms with E-state index in [9.17, 15) is 9.59 Å². The molecule has 108 valence electrons. The third-order valence-corrected chi connectivity index (χ3v) is 5.29. The molecule has 21 heavy (non-hydrogen) atoms. The Bertz CT molecular complexity index is 614. The monoisotopic (exact) mass is 281 g/mol. The lowest BCUT2D eigenvalue weighted by Crippen LogP contribution is -2.32. The Morgan fingerprint density at radius 3 is 1.95 bits per heavy atom. The molecule has 1 saturated heterocycles. The second-order valence-electron chi connectivity index (χ2n) is 6.76. The van der Waals surface area contributed by atoms with Crippen LogP contribution in [0.1, 0.15) is 31.7 Å². The molecule has 2 bridgehead atoms. The number of carbonyl (C=O) groups excluding carboxylic acids is 2. The van der Waals surface area contributed by atoms with Crippen molar-refractivity contribution in [1.82, 2.24) is 0 Å². The van der Waals surface area contributed by atoms with Crippen molar-refractivity contribution in [2.75, 3.05) is 4.90 Å². The summed E-state index contributed by atoms with van der Waals surface area (Å²) in [6.45, 7) is 4.27. The summed E-state index contributed by atoms with van der Waals surface area (Å²) in [6.07, 6.45) is 5.23. The number of rotatable bonds is 2. The Morgan fingerprint density at radius 2 is 1.48 bits per heavy atom. The fourth-order valence-electron chi connectivity index (χ4n) is 4.17. The fourth-order valence-corrected chi connectivity index (χ4v) is 4.17. The Kier molecular flexibility index (Phi) is 2.62. The molecule has 1 aliphatic heterocycles. The van der Waals surface area contributed by atoms with Gasteiger partial charge in [-0.1, -0.05) is 38.1 Å². The predicted molar refractivity (Wildman–Crippen MR) is 80.7 cm³/mol. The third-order valence-electron chi connectivity index (χ3n) is 5.29. The van der Waals surface area contributed by atoms with Crippen LogP contribution in [0.2, 0.25) is 0 Å². The zero-order valence-corrected chi connectivity index (χ0v) is 12.3. The minimum Gasteiger partial charge on any atom is -0.274 e. The van der Waals surface area contributed by atoms with E-state index in [1.165, 1.54) is 10.5 Å². The van der Waals surface area contributed by atoms with Gasteiger partial charge in [0.05, 0.1) is 17.5 Å². The van der Waals surface area contributed by atoms with Crippen molar-refractivity contribution < 1.29 is 9.59 Å². The van der Waals surface area contributed by atoms with E-state index in [1.807, 2.05) is 24.3 Å². The van der Waals surface area contributed by atoms with E-state index in [0.29, 0.717) is 5.92 Å². The first-order valence-corrected chi connectivity index (χ1v) is 7.74. The molecule has 1 aromatic carbocycles. The molecule has 1 saturated carbocycles. The van der Waals surface area contributed by atoms with Crippen LogP contribution in [0.4, 0.5) is 5.69 Å². The van der Waals surface area contributed by atoms with Gasteiger partial charge < -0.3 is 0 Å². The molecule has 0 radical (unpaired) electrons. The van der Waals surface area contributed by atoms with Gasteiger partial charge >= 0.3 is 0 Å². The van der Waals surface area contributed by atoms with Crippen molar-refractivity contribution in [2.24, 2.45) is 23.7 Å². The SMILES string of the molecule is CC(C)c1ccc(N2C(=O)[C@@H]3[C@@H](C2=O)[C@H]2C=C[C@@H]3C2)cc1. The highest BCUT2D eigenvalue weighted by molar-refractivity contribution is 6.22. The number of fused-ring (bicyclic) bond motifs is 5. The summed E-state index contributed by atoms with van der Waals surface area (Å²) in [4.78, 5) is 26.8. The first kappa shape index (κ1) is 12.8. The largest absolute Gasteiger partial charge is 0.274 e. The minimum atomic E-state index is -0.114. The summed E-state index contributed by atoms with van der Waals surface area (Å²) in [5.74, 6) is 0.768. The molecule has 1 aromatic rings. The van der Waals surface area contributed by atoms with Crippen LogP contribution in [0.25, 0.3) is 0 Å². The lowest BCUT2D eigenvalue weighted by Gasteiger charge is -2.18.